The zero-order valence-corrected chi connectivity index (χ0v) is 8.56. The summed E-state index contributed by atoms with van der Waals surface area (Å²) in [5.41, 5.74) is -0.779. The quantitative estimate of drug-likeness (QED) is 0.593. The maximum absolute atomic E-state index is 8.96. The zero-order chi connectivity index (χ0) is 10.4. The third kappa shape index (κ3) is 3.40. The van der Waals surface area contributed by atoms with Crippen molar-refractivity contribution in [1.82, 2.24) is 0 Å². The average Bonchev–Trinajstić information content (AvgIpc) is 2.16. The Bertz CT molecular complexity index is 249. The normalized spacial score (nSPS) is 37.1. The second-order valence-electron chi connectivity index (χ2n) is 3.71. The van der Waals surface area contributed by atoms with E-state index in [-0.39, 0.29) is 19.4 Å². The summed E-state index contributed by atoms with van der Waals surface area (Å²) in [4.78, 5) is 0. The van der Waals surface area contributed by atoms with Gasteiger partial charge in [0.2, 0.25) is 0 Å². The Hall–Kier alpha value is -0.990. The second-order valence-corrected chi connectivity index (χ2v) is 3.71. The smallest absolute Gasteiger partial charge is 0.160 e. The van der Waals surface area contributed by atoms with E-state index in [1.165, 1.54) is 0 Å². The first kappa shape index (κ1) is 11.1. The summed E-state index contributed by atoms with van der Waals surface area (Å²) in [6.07, 6.45) is 0.652. The van der Waals surface area contributed by atoms with Crippen LogP contribution in [0.5, 0.6) is 0 Å². The molecule has 1 aliphatic heterocycles. The van der Waals surface area contributed by atoms with Crippen molar-refractivity contribution in [3.63, 3.8) is 0 Å². The van der Waals surface area contributed by atoms with E-state index < -0.39 is 5.60 Å². The fourth-order valence-electron chi connectivity index (χ4n) is 1.41. The molecule has 2 atom stereocenters. The predicted molar refractivity (Wildman–Crippen MR) is 49.4 cm³/mol. The minimum Gasteiger partial charge on any atom is -0.357 e. The van der Waals surface area contributed by atoms with Crippen molar-refractivity contribution in [2.45, 2.75) is 25.9 Å². The van der Waals surface area contributed by atoms with Crippen LogP contribution >= 0.6 is 0 Å². The van der Waals surface area contributed by atoms with E-state index in [0.717, 1.165) is 0 Å². The van der Waals surface area contributed by atoms with Crippen molar-refractivity contribution < 1.29 is 9.47 Å². The molecule has 1 aliphatic rings. The first-order valence-electron chi connectivity index (χ1n) is 4.62. The van der Waals surface area contributed by atoms with Crippen molar-refractivity contribution in [3.8, 4) is 6.07 Å². The number of nitrogens with zero attached hydrogens (tertiary/aromatic N) is 3. The lowest BCUT2D eigenvalue weighted by Gasteiger charge is -2.25. The molecule has 0 saturated carbocycles. The Balaban J connectivity index is 2.62. The molecule has 0 aromatic heterocycles. The van der Waals surface area contributed by atoms with Gasteiger partial charge >= 0.3 is 0 Å². The second kappa shape index (κ2) is 5.03. The molecule has 1 heterocycles. The van der Waals surface area contributed by atoms with Crippen LogP contribution in [0.15, 0.2) is 10.2 Å². The van der Waals surface area contributed by atoms with Gasteiger partial charge in [-0.15, -0.1) is 0 Å². The molecule has 0 aromatic rings. The molecule has 0 fully saturated rings. The third-order valence-corrected chi connectivity index (χ3v) is 2.07. The van der Waals surface area contributed by atoms with Gasteiger partial charge in [-0.05, 0) is 19.3 Å². The van der Waals surface area contributed by atoms with Gasteiger partial charge in [-0.1, -0.05) is 6.92 Å². The summed E-state index contributed by atoms with van der Waals surface area (Å²) in [6, 6.07) is 2.15. The van der Waals surface area contributed by atoms with Crippen LogP contribution in [0.1, 0.15) is 20.3 Å². The van der Waals surface area contributed by atoms with Gasteiger partial charge in [-0.25, -0.2) is 0 Å². The van der Waals surface area contributed by atoms with Crippen molar-refractivity contribution in [1.29, 1.82) is 5.26 Å². The molecule has 14 heavy (non-hydrogen) atoms. The van der Waals surface area contributed by atoms with Crippen molar-refractivity contribution in [2.24, 2.45) is 16.1 Å². The highest BCUT2D eigenvalue weighted by molar-refractivity contribution is 4.99. The molecule has 5 heteroatoms. The summed E-state index contributed by atoms with van der Waals surface area (Å²) in [5.74, 6) is 0.285. The molecule has 0 N–H and O–H groups in total. The highest BCUT2D eigenvalue weighted by Crippen LogP contribution is 2.21. The Morgan fingerprint density at radius 2 is 2.14 bits per heavy atom. The maximum atomic E-state index is 8.96. The third-order valence-electron chi connectivity index (χ3n) is 2.07. The highest BCUT2D eigenvalue weighted by atomic mass is 16.5. The first-order chi connectivity index (χ1) is 6.66. The lowest BCUT2D eigenvalue weighted by Crippen LogP contribution is -2.31. The average molecular weight is 197 g/mol. The minimum atomic E-state index is -0.779. The van der Waals surface area contributed by atoms with Gasteiger partial charge in [0.1, 0.15) is 0 Å². The largest absolute Gasteiger partial charge is 0.357 e. The fraction of sp³-hybridized carbons (Fsp3) is 0.889. The zero-order valence-electron chi connectivity index (χ0n) is 8.56. The predicted octanol–water partition coefficient (Wildman–Crippen LogP) is 1.71. The lowest BCUT2D eigenvalue weighted by atomic mass is 9.95. The van der Waals surface area contributed by atoms with Crippen LogP contribution in [0.25, 0.3) is 0 Å². The van der Waals surface area contributed by atoms with E-state index in [1.807, 2.05) is 6.92 Å². The van der Waals surface area contributed by atoms with Gasteiger partial charge in [-0.3, -0.25) is 0 Å². The van der Waals surface area contributed by atoms with Crippen molar-refractivity contribution >= 4 is 0 Å². The van der Waals surface area contributed by atoms with E-state index in [4.69, 9.17) is 14.7 Å². The Labute approximate surface area is 83.7 Å². The highest BCUT2D eigenvalue weighted by Gasteiger charge is 2.27. The SMILES string of the molecule is CC1COC/N=N/COC(C)(C#N)C1. The Morgan fingerprint density at radius 3 is 2.86 bits per heavy atom. The molecule has 0 saturated heterocycles. The molecule has 0 spiro atoms. The van der Waals surface area contributed by atoms with E-state index in [2.05, 4.69) is 16.3 Å². The molecule has 1 rings (SSSR count). The fourth-order valence-corrected chi connectivity index (χ4v) is 1.41. The first-order valence-corrected chi connectivity index (χ1v) is 4.62. The summed E-state index contributed by atoms with van der Waals surface area (Å²) in [6.45, 7) is 4.77. The molecular formula is C9H15N3O2. The topological polar surface area (TPSA) is 67.0 Å². The van der Waals surface area contributed by atoms with Gasteiger partial charge < -0.3 is 9.47 Å². The number of rotatable bonds is 0. The van der Waals surface area contributed by atoms with Crippen LogP contribution in [0, 0.1) is 17.2 Å². The molecule has 0 radical (unpaired) electrons. The van der Waals surface area contributed by atoms with Crippen molar-refractivity contribution in [3.05, 3.63) is 0 Å². The van der Waals surface area contributed by atoms with E-state index in [1.54, 1.807) is 6.92 Å². The van der Waals surface area contributed by atoms with Crippen LogP contribution in [0.2, 0.25) is 0 Å². The standard InChI is InChI=1S/C9H15N3O2/c1-8-3-9(2,5-10)14-7-12-11-6-13-4-8/h8H,3-4,6-7H2,1-2H3/b12-11+. The summed E-state index contributed by atoms with van der Waals surface area (Å²) >= 11 is 0. The molecule has 0 aliphatic carbocycles. The molecule has 78 valence electrons. The molecule has 5 nitrogen and oxygen atoms in total. The summed E-state index contributed by atoms with van der Waals surface area (Å²) < 4.78 is 10.6. The lowest BCUT2D eigenvalue weighted by molar-refractivity contribution is -0.0216. The number of ether oxygens (including phenoxy) is 2. The van der Waals surface area contributed by atoms with Crippen LogP contribution in [0.3, 0.4) is 0 Å². The summed E-state index contributed by atoms with van der Waals surface area (Å²) in [7, 11) is 0. The van der Waals surface area contributed by atoms with E-state index >= 15 is 0 Å². The molecule has 0 amide bonds. The number of hydrogen-bond acceptors (Lipinski definition) is 5. The van der Waals surface area contributed by atoms with Gasteiger partial charge in [0.15, 0.2) is 19.1 Å². The van der Waals surface area contributed by atoms with Crippen LogP contribution in [0.4, 0.5) is 0 Å². The monoisotopic (exact) mass is 197 g/mol. The van der Waals surface area contributed by atoms with Crippen molar-refractivity contribution in [2.75, 3.05) is 20.1 Å². The van der Waals surface area contributed by atoms with Crippen LogP contribution in [-0.4, -0.2) is 25.7 Å². The Kier molecular flexibility index (Phi) is 3.98. The number of azo groups is 1. The maximum Gasteiger partial charge on any atom is 0.160 e. The number of nitriles is 1. The Morgan fingerprint density at radius 1 is 1.43 bits per heavy atom. The van der Waals surface area contributed by atoms with E-state index in [0.29, 0.717) is 13.0 Å². The molecule has 0 bridgehead atoms. The summed E-state index contributed by atoms with van der Waals surface area (Å²) in [5, 5.41) is 16.4. The van der Waals surface area contributed by atoms with Gasteiger partial charge in [-0.2, -0.15) is 15.5 Å². The number of hydrogen-bond donors (Lipinski definition) is 0. The molecular weight excluding hydrogens is 182 g/mol. The minimum absolute atomic E-state index is 0.125. The molecule has 0 aromatic carbocycles. The van der Waals surface area contributed by atoms with Gasteiger partial charge in [0, 0.05) is 0 Å². The van der Waals surface area contributed by atoms with Gasteiger partial charge in [0.05, 0.1) is 12.7 Å². The van der Waals surface area contributed by atoms with Crippen LogP contribution in [-0.2, 0) is 9.47 Å². The van der Waals surface area contributed by atoms with Crippen LogP contribution < -0.4 is 0 Å². The van der Waals surface area contributed by atoms with Gasteiger partial charge in [0.25, 0.3) is 0 Å². The molecule has 2 unspecified atom stereocenters. The van der Waals surface area contributed by atoms with E-state index in [9.17, 15) is 0 Å².